The molecular weight excluding hydrogens is 254 g/mol. The number of aromatic nitrogens is 1. The molecule has 5 heteroatoms. The number of fused-ring (bicyclic) bond motifs is 1. The van der Waals surface area contributed by atoms with Crippen molar-refractivity contribution in [3.63, 3.8) is 0 Å². The summed E-state index contributed by atoms with van der Waals surface area (Å²) in [6.07, 6.45) is 2.03. The first-order valence-corrected chi connectivity index (χ1v) is 6.86. The summed E-state index contributed by atoms with van der Waals surface area (Å²) in [4.78, 5) is 5.53. The molecule has 0 amide bonds. The minimum absolute atomic E-state index is 0.264. The second-order valence-corrected chi connectivity index (χ2v) is 5.01. The van der Waals surface area contributed by atoms with Crippen LogP contribution in [0.4, 0.5) is 0 Å². The Morgan fingerprint density at radius 1 is 1.41 bits per heavy atom. The Morgan fingerprint density at radius 3 is 2.82 bits per heavy atom. The van der Waals surface area contributed by atoms with Gasteiger partial charge in [0.25, 0.3) is 0 Å². The summed E-state index contributed by atoms with van der Waals surface area (Å²) in [5.74, 6) is 0. The first-order chi connectivity index (χ1) is 8.15. The molecule has 0 aliphatic rings. The van der Waals surface area contributed by atoms with E-state index in [0.717, 1.165) is 21.4 Å². The second-order valence-electron chi connectivity index (χ2n) is 3.77. The molecule has 4 N–H and O–H groups in total. The number of thioether (sulfide) groups is 1. The fourth-order valence-corrected chi connectivity index (χ4v) is 2.37. The van der Waals surface area contributed by atoms with E-state index in [9.17, 15) is 0 Å². The molecule has 0 fully saturated rings. The highest BCUT2D eigenvalue weighted by Crippen LogP contribution is 2.27. The molecule has 0 aliphatic heterocycles. The fourth-order valence-electron chi connectivity index (χ4n) is 1.65. The molecule has 0 saturated heterocycles. The fraction of sp³-hybridized carbons (Fsp3) is 0.250. The molecule has 2 rings (SSSR count). The van der Waals surface area contributed by atoms with Gasteiger partial charge in [-0.2, -0.15) is 0 Å². The molecule has 0 radical (unpaired) electrons. The summed E-state index contributed by atoms with van der Waals surface area (Å²) in [5.41, 5.74) is 13.1. The van der Waals surface area contributed by atoms with Gasteiger partial charge in [0, 0.05) is 28.4 Å². The van der Waals surface area contributed by atoms with Crippen molar-refractivity contribution in [2.45, 2.75) is 10.9 Å². The zero-order valence-electron chi connectivity index (χ0n) is 9.48. The number of hydrogen-bond acceptors (Lipinski definition) is 4. The molecule has 3 nitrogen and oxygen atoms in total. The minimum atomic E-state index is -0.264. The third-order valence-corrected chi connectivity index (χ3v) is 3.69. The van der Waals surface area contributed by atoms with E-state index in [0.29, 0.717) is 11.7 Å². The first kappa shape index (κ1) is 12.6. The van der Waals surface area contributed by atoms with E-state index < -0.39 is 0 Å². The average molecular weight is 268 g/mol. The minimum Gasteiger partial charge on any atom is -0.329 e. The van der Waals surface area contributed by atoms with Gasteiger partial charge in [-0.3, -0.25) is 0 Å². The Balaban J connectivity index is 2.58. The van der Waals surface area contributed by atoms with Gasteiger partial charge in [-0.25, -0.2) is 4.98 Å². The number of halogens is 1. The van der Waals surface area contributed by atoms with E-state index in [1.807, 2.05) is 24.5 Å². The van der Waals surface area contributed by atoms with Gasteiger partial charge in [0.2, 0.25) is 0 Å². The summed E-state index contributed by atoms with van der Waals surface area (Å²) < 4.78 is 0. The molecular formula is C12H14ClN3S. The smallest absolute Gasteiger partial charge is 0.134 e. The zero-order chi connectivity index (χ0) is 12.4. The molecule has 17 heavy (non-hydrogen) atoms. The van der Waals surface area contributed by atoms with Crippen molar-refractivity contribution < 1.29 is 0 Å². The van der Waals surface area contributed by atoms with Gasteiger partial charge in [0.15, 0.2) is 0 Å². The Morgan fingerprint density at radius 2 is 2.18 bits per heavy atom. The monoisotopic (exact) mass is 267 g/mol. The lowest BCUT2D eigenvalue weighted by atomic mass is 10.1. The maximum atomic E-state index is 6.12. The average Bonchev–Trinajstić information content (AvgIpc) is 2.36. The van der Waals surface area contributed by atoms with E-state index in [2.05, 4.69) is 11.1 Å². The van der Waals surface area contributed by atoms with Crippen molar-refractivity contribution in [3.05, 3.63) is 35.0 Å². The maximum absolute atomic E-state index is 6.12. The van der Waals surface area contributed by atoms with Crippen LogP contribution in [-0.4, -0.2) is 17.8 Å². The number of pyridine rings is 1. The summed E-state index contributed by atoms with van der Waals surface area (Å²) >= 11 is 7.80. The lowest BCUT2D eigenvalue weighted by Gasteiger charge is -2.12. The third kappa shape index (κ3) is 2.55. The van der Waals surface area contributed by atoms with Gasteiger partial charge in [-0.1, -0.05) is 17.7 Å². The van der Waals surface area contributed by atoms with Crippen LogP contribution in [0.3, 0.4) is 0 Å². The number of benzene rings is 1. The van der Waals surface area contributed by atoms with Crippen molar-refractivity contribution in [2.24, 2.45) is 11.5 Å². The van der Waals surface area contributed by atoms with Crippen LogP contribution >= 0.6 is 23.4 Å². The van der Waals surface area contributed by atoms with Gasteiger partial charge < -0.3 is 11.5 Å². The van der Waals surface area contributed by atoms with Crippen molar-refractivity contribution in [1.29, 1.82) is 0 Å². The quantitative estimate of drug-likeness (QED) is 0.663. The van der Waals surface area contributed by atoms with Crippen LogP contribution < -0.4 is 11.5 Å². The molecule has 90 valence electrons. The van der Waals surface area contributed by atoms with Gasteiger partial charge in [0.05, 0.1) is 5.52 Å². The SMILES string of the molecule is CSc1ccc2cc(C(N)CN)c(Cl)nc2c1. The molecule has 0 aliphatic carbocycles. The topological polar surface area (TPSA) is 64.9 Å². The van der Waals surface area contributed by atoms with E-state index in [-0.39, 0.29) is 6.04 Å². The van der Waals surface area contributed by atoms with E-state index in [1.165, 1.54) is 0 Å². The van der Waals surface area contributed by atoms with Gasteiger partial charge >= 0.3 is 0 Å². The molecule has 0 spiro atoms. The molecule has 1 atom stereocenters. The molecule has 1 aromatic carbocycles. The highest BCUT2D eigenvalue weighted by Gasteiger charge is 2.11. The van der Waals surface area contributed by atoms with Crippen LogP contribution in [0.1, 0.15) is 11.6 Å². The first-order valence-electron chi connectivity index (χ1n) is 5.25. The van der Waals surface area contributed by atoms with Crippen molar-refractivity contribution in [1.82, 2.24) is 4.98 Å². The van der Waals surface area contributed by atoms with Crippen molar-refractivity contribution >= 4 is 34.3 Å². The van der Waals surface area contributed by atoms with E-state index in [4.69, 9.17) is 23.1 Å². The second kappa shape index (κ2) is 5.23. The highest BCUT2D eigenvalue weighted by atomic mass is 35.5. The predicted molar refractivity (Wildman–Crippen MR) is 74.5 cm³/mol. The van der Waals surface area contributed by atoms with Crippen molar-refractivity contribution in [2.75, 3.05) is 12.8 Å². The molecule has 1 aromatic heterocycles. The largest absolute Gasteiger partial charge is 0.329 e. The van der Waals surface area contributed by atoms with Gasteiger partial charge in [0.1, 0.15) is 5.15 Å². The number of rotatable bonds is 3. The predicted octanol–water partition coefficient (Wildman–Crippen LogP) is 2.57. The molecule has 1 heterocycles. The molecule has 2 aromatic rings. The Labute approximate surface area is 110 Å². The van der Waals surface area contributed by atoms with Gasteiger partial charge in [-0.05, 0) is 24.5 Å². The lowest BCUT2D eigenvalue weighted by molar-refractivity contribution is 0.735. The van der Waals surface area contributed by atoms with Crippen molar-refractivity contribution in [3.8, 4) is 0 Å². The summed E-state index contributed by atoms with van der Waals surface area (Å²) in [5, 5.41) is 1.47. The Bertz CT molecular complexity index is 545. The maximum Gasteiger partial charge on any atom is 0.134 e. The van der Waals surface area contributed by atoms with E-state index in [1.54, 1.807) is 11.8 Å². The number of nitrogens with zero attached hydrogens (tertiary/aromatic N) is 1. The normalized spacial score (nSPS) is 12.9. The number of nitrogens with two attached hydrogens (primary N) is 2. The Kier molecular flexibility index (Phi) is 3.89. The van der Waals surface area contributed by atoms with Crippen LogP contribution in [0.2, 0.25) is 5.15 Å². The Hall–Kier alpha value is -0.810. The molecule has 0 saturated carbocycles. The van der Waals surface area contributed by atoms with Crippen LogP contribution in [0.25, 0.3) is 10.9 Å². The van der Waals surface area contributed by atoms with Gasteiger partial charge in [-0.15, -0.1) is 11.8 Å². The van der Waals surface area contributed by atoms with Crippen LogP contribution in [-0.2, 0) is 0 Å². The summed E-state index contributed by atoms with van der Waals surface area (Å²) in [6.45, 7) is 0.357. The lowest BCUT2D eigenvalue weighted by Crippen LogP contribution is -2.21. The van der Waals surface area contributed by atoms with Crippen LogP contribution in [0, 0.1) is 0 Å². The zero-order valence-corrected chi connectivity index (χ0v) is 11.1. The third-order valence-electron chi connectivity index (χ3n) is 2.66. The number of hydrogen-bond donors (Lipinski definition) is 2. The van der Waals surface area contributed by atoms with Crippen LogP contribution in [0.5, 0.6) is 0 Å². The standard InChI is InChI=1S/C12H14ClN3S/c1-17-8-3-2-7-4-9(10(15)6-14)12(13)16-11(7)5-8/h2-5,10H,6,14-15H2,1H3. The summed E-state index contributed by atoms with van der Waals surface area (Å²) in [7, 11) is 0. The molecule has 0 bridgehead atoms. The summed E-state index contributed by atoms with van der Waals surface area (Å²) in [6, 6.07) is 7.80. The highest BCUT2D eigenvalue weighted by molar-refractivity contribution is 7.98. The van der Waals surface area contributed by atoms with Crippen LogP contribution in [0.15, 0.2) is 29.2 Å². The van der Waals surface area contributed by atoms with E-state index >= 15 is 0 Å². The molecule has 1 unspecified atom stereocenters.